The zero-order chi connectivity index (χ0) is 12.5. The number of nitrogens with zero attached hydrogens (tertiary/aromatic N) is 1. The predicted molar refractivity (Wildman–Crippen MR) is 48.1 cm³/mol. The molecule has 1 N–H and O–H groups in total. The van der Waals surface area contributed by atoms with Crippen molar-refractivity contribution < 1.29 is 23.1 Å². The first-order valence-electron chi connectivity index (χ1n) is 3.81. The Kier molecular flexibility index (Phi) is 3.10. The van der Waals surface area contributed by atoms with Crippen LogP contribution in [-0.4, -0.2) is 11.1 Å². The minimum Gasteiger partial charge on any atom is -0.478 e. The highest BCUT2D eigenvalue weighted by molar-refractivity contribution is 6.33. The van der Waals surface area contributed by atoms with Gasteiger partial charge in [0.1, 0.15) is 0 Å². The summed E-state index contributed by atoms with van der Waals surface area (Å²) in [5.41, 5.74) is -2.70. The van der Waals surface area contributed by atoms with Crippen molar-refractivity contribution in [2.24, 2.45) is 0 Å². The predicted octanol–water partition coefficient (Wildman–Crippen LogP) is 2.93. The average molecular weight is 250 g/mol. The van der Waals surface area contributed by atoms with E-state index in [1.165, 1.54) is 6.07 Å². The van der Waals surface area contributed by atoms with Crippen molar-refractivity contribution in [2.45, 2.75) is 6.18 Å². The lowest BCUT2D eigenvalue weighted by molar-refractivity contribution is -0.137. The summed E-state index contributed by atoms with van der Waals surface area (Å²) in [5, 5.41) is 16.7. The highest BCUT2D eigenvalue weighted by Gasteiger charge is 2.35. The smallest absolute Gasteiger partial charge is 0.417 e. The molecule has 0 unspecified atom stereocenters. The maximum absolute atomic E-state index is 12.4. The van der Waals surface area contributed by atoms with Gasteiger partial charge in [-0.25, -0.2) is 4.79 Å². The molecule has 16 heavy (non-hydrogen) atoms. The number of benzene rings is 1. The Labute approximate surface area is 92.7 Å². The highest BCUT2D eigenvalue weighted by atomic mass is 35.5. The molecule has 0 radical (unpaired) electrons. The fourth-order valence-corrected chi connectivity index (χ4v) is 1.31. The molecule has 1 rings (SSSR count). The van der Waals surface area contributed by atoms with E-state index < -0.39 is 33.9 Å². The van der Waals surface area contributed by atoms with Gasteiger partial charge >= 0.3 is 12.1 Å². The molecule has 0 atom stereocenters. The van der Waals surface area contributed by atoms with E-state index in [4.69, 9.17) is 22.0 Å². The van der Waals surface area contributed by atoms with Crippen LogP contribution in [0.2, 0.25) is 5.02 Å². The average Bonchev–Trinajstić information content (AvgIpc) is 2.14. The fourth-order valence-electron chi connectivity index (χ4n) is 1.06. The lowest BCUT2D eigenvalue weighted by atomic mass is 10.0. The van der Waals surface area contributed by atoms with E-state index >= 15 is 0 Å². The van der Waals surface area contributed by atoms with Crippen molar-refractivity contribution in [1.82, 2.24) is 0 Å². The van der Waals surface area contributed by atoms with E-state index in [2.05, 4.69) is 0 Å². The van der Waals surface area contributed by atoms with E-state index in [1.807, 2.05) is 0 Å². The maximum atomic E-state index is 12.4. The molecule has 0 amide bonds. The van der Waals surface area contributed by atoms with Crippen LogP contribution in [0, 0.1) is 11.3 Å². The van der Waals surface area contributed by atoms with Gasteiger partial charge in [0.25, 0.3) is 0 Å². The molecule has 0 bridgehead atoms. The number of aromatic carboxylic acids is 1. The Hall–Kier alpha value is -1.74. The van der Waals surface area contributed by atoms with Gasteiger partial charge in [0.15, 0.2) is 0 Å². The summed E-state index contributed by atoms with van der Waals surface area (Å²) in [5.74, 6) is -1.58. The molecule has 7 heteroatoms. The van der Waals surface area contributed by atoms with Gasteiger partial charge in [-0.05, 0) is 12.1 Å². The Balaban J connectivity index is 3.55. The Morgan fingerprint density at radius 1 is 1.44 bits per heavy atom. The van der Waals surface area contributed by atoms with Gasteiger partial charge in [-0.15, -0.1) is 0 Å². The third kappa shape index (κ3) is 2.25. The molecule has 1 aromatic rings. The van der Waals surface area contributed by atoms with E-state index in [-0.39, 0.29) is 0 Å². The van der Waals surface area contributed by atoms with Crippen molar-refractivity contribution in [3.05, 3.63) is 33.8 Å². The van der Waals surface area contributed by atoms with Gasteiger partial charge in [-0.1, -0.05) is 11.6 Å². The second-order valence-electron chi connectivity index (χ2n) is 2.79. The summed E-state index contributed by atoms with van der Waals surface area (Å²) in [4.78, 5) is 10.6. The molecule has 0 fully saturated rings. The van der Waals surface area contributed by atoms with Crippen LogP contribution in [0.3, 0.4) is 0 Å². The van der Waals surface area contributed by atoms with Gasteiger partial charge < -0.3 is 5.11 Å². The molecule has 0 aliphatic carbocycles. The molecule has 0 saturated carbocycles. The SMILES string of the molecule is N#Cc1cc(Cl)c(C(=O)O)cc1C(F)(F)F. The lowest BCUT2D eigenvalue weighted by Crippen LogP contribution is -2.10. The number of rotatable bonds is 1. The van der Waals surface area contributed by atoms with Crippen LogP contribution in [0.5, 0.6) is 0 Å². The Morgan fingerprint density at radius 2 is 2.00 bits per heavy atom. The van der Waals surface area contributed by atoms with Crippen molar-refractivity contribution in [3.8, 4) is 6.07 Å². The standard InChI is InChI=1S/C9H3ClF3NO2/c10-7-1-4(3-14)6(9(11,12)13)2-5(7)8(15)16/h1-2H,(H,15,16). The van der Waals surface area contributed by atoms with Crippen LogP contribution in [0.15, 0.2) is 12.1 Å². The van der Waals surface area contributed by atoms with Crippen LogP contribution < -0.4 is 0 Å². The number of hydrogen-bond acceptors (Lipinski definition) is 2. The Morgan fingerprint density at radius 3 is 2.38 bits per heavy atom. The van der Waals surface area contributed by atoms with Crippen molar-refractivity contribution in [2.75, 3.05) is 0 Å². The molecule has 0 aromatic heterocycles. The maximum Gasteiger partial charge on any atom is 0.417 e. The zero-order valence-corrected chi connectivity index (χ0v) is 8.23. The lowest BCUT2D eigenvalue weighted by Gasteiger charge is -2.10. The third-order valence-corrected chi connectivity index (χ3v) is 2.08. The van der Waals surface area contributed by atoms with E-state index in [0.717, 1.165) is 0 Å². The van der Waals surface area contributed by atoms with E-state index in [1.54, 1.807) is 0 Å². The molecular formula is C9H3ClF3NO2. The van der Waals surface area contributed by atoms with Crippen LogP contribution in [0.1, 0.15) is 21.5 Å². The zero-order valence-electron chi connectivity index (χ0n) is 7.47. The third-order valence-electron chi connectivity index (χ3n) is 1.76. The minimum atomic E-state index is -4.79. The van der Waals surface area contributed by atoms with E-state index in [9.17, 15) is 18.0 Å². The largest absolute Gasteiger partial charge is 0.478 e. The van der Waals surface area contributed by atoms with Crippen LogP contribution >= 0.6 is 11.6 Å². The second kappa shape index (κ2) is 4.02. The molecule has 0 heterocycles. The van der Waals surface area contributed by atoms with Crippen LogP contribution in [0.4, 0.5) is 13.2 Å². The number of nitriles is 1. The topological polar surface area (TPSA) is 61.1 Å². The first-order valence-corrected chi connectivity index (χ1v) is 4.19. The first-order chi connectivity index (χ1) is 7.27. The molecule has 0 aliphatic heterocycles. The fraction of sp³-hybridized carbons (Fsp3) is 0.111. The monoisotopic (exact) mass is 249 g/mol. The molecule has 1 aromatic carbocycles. The summed E-state index contributed by atoms with van der Waals surface area (Å²) in [7, 11) is 0. The number of hydrogen-bond donors (Lipinski definition) is 1. The quantitative estimate of drug-likeness (QED) is 0.832. The van der Waals surface area contributed by atoms with Gasteiger partial charge in [-0.2, -0.15) is 18.4 Å². The van der Waals surface area contributed by atoms with Gasteiger partial charge in [-0.3, -0.25) is 0 Å². The molecule has 0 saturated heterocycles. The minimum absolute atomic E-state index is 0.350. The molecule has 84 valence electrons. The summed E-state index contributed by atoms with van der Waals surface area (Å²) in [6.45, 7) is 0. The Bertz CT molecular complexity index is 491. The van der Waals surface area contributed by atoms with Crippen molar-refractivity contribution in [3.63, 3.8) is 0 Å². The van der Waals surface area contributed by atoms with Crippen LogP contribution in [-0.2, 0) is 6.18 Å². The summed E-state index contributed by atoms with van der Waals surface area (Å²) in [6, 6.07) is 2.35. The second-order valence-corrected chi connectivity index (χ2v) is 3.20. The molecule has 3 nitrogen and oxygen atoms in total. The number of carboxylic acid groups (broad SMARTS) is 1. The normalized spacial score (nSPS) is 10.9. The highest BCUT2D eigenvalue weighted by Crippen LogP contribution is 2.34. The van der Waals surface area contributed by atoms with Crippen molar-refractivity contribution >= 4 is 17.6 Å². The number of carboxylic acids is 1. The summed E-state index contributed by atoms with van der Waals surface area (Å²) < 4.78 is 37.3. The summed E-state index contributed by atoms with van der Waals surface area (Å²) >= 11 is 5.43. The van der Waals surface area contributed by atoms with Crippen molar-refractivity contribution in [1.29, 1.82) is 5.26 Å². The van der Waals surface area contributed by atoms with Gasteiger partial charge in [0.05, 0.1) is 27.8 Å². The van der Waals surface area contributed by atoms with Gasteiger partial charge in [0, 0.05) is 0 Å². The summed E-state index contributed by atoms with van der Waals surface area (Å²) in [6.07, 6.45) is -4.79. The van der Waals surface area contributed by atoms with Crippen LogP contribution in [0.25, 0.3) is 0 Å². The number of alkyl halides is 3. The van der Waals surface area contributed by atoms with E-state index in [0.29, 0.717) is 12.1 Å². The number of halogens is 4. The number of carbonyl (C=O) groups is 1. The molecule has 0 spiro atoms. The molecule has 0 aliphatic rings. The molecular weight excluding hydrogens is 247 g/mol. The first kappa shape index (κ1) is 12.3. The van der Waals surface area contributed by atoms with Gasteiger partial charge in [0.2, 0.25) is 0 Å².